The number of rotatable bonds is 5. The van der Waals surface area contributed by atoms with Crippen LogP contribution in [0.2, 0.25) is 0 Å². The van der Waals surface area contributed by atoms with Gasteiger partial charge in [0.25, 0.3) is 0 Å². The van der Waals surface area contributed by atoms with E-state index in [-0.39, 0.29) is 5.54 Å². The molecule has 3 nitrogen and oxygen atoms in total. The van der Waals surface area contributed by atoms with Crippen molar-refractivity contribution in [3.8, 4) is 0 Å². The molecule has 0 aromatic carbocycles. The van der Waals surface area contributed by atoms with Crippen molar-refractivity contribution in [1.29, 1.82) is 0 Å². The van der Waals surface area contributed by atoms with Crippen LogP contribution >= 0.6 is 0 Å². The zero-order chi connectivity index (χ0) is 12.5. The standard InChI is InChI=1S/C14H25N3/c1-13(2,3)16-11-14(7-8-14)6-5-12-15-9-10-17(12)4/h9-10,16H,5-8,11H2,1-4H3. The number of hydrogen-bond donors (Lipinski definition) is 1. The fourth-order valence-electron chi connectivity index (χ4n) is 2.16. The van der Waals surface area contributed by atoms with E-state index in [1.807, 2.05) is 12.4 Å². The van der Waals surface area contributed by atoms with Crippen molar-refractivity contribution >= 4 is 0 Å². The average molecular weight is 235 g/mol. The Morgan fingerprint density at radius 2 is 2.12 bits per heavy atom. The molecule has 1 aromatic heterocycles. The maximum atomic E-state index is 4.40. The fourth-order valence-corrected chi connectivity index (χ4v) is 2.16. The number of nitrogens with one attached hydrogen (secondary N) is 1. The van der Waals surface area contributed by atoms with Gasteiger partial charge in [-0.1, -0.05) is 0 Å². The van der Waals surface area contributed by atoms with Crippen molar-refractivity contribution in [2.75, 3.05) is 6.54 Å². The summed E-state index contributed by atoms with van der Waals surface area (Å²) >= 11 is 0. The minimum Gasteiger partial charge on any atom is -0.338 e. The maximum Gasteiger partial charge on any atom is 0.108 e. The normalized spacial score (nSPS) is 18.4. The van der Waals surface area contributed by atoms with Crippen LogP contribution in [0.4, 0.5) is 0 Å². The van der Waals surface area contributed by atoms with Gasteiger partial charge in [0.15, 0.2) is 0 Å². The Kier molecular flexibility index (Phi) is 3.30. The molecule has 0 spiro atoms. The van der Waals surface area contributed by atoms with Gasteiger partial charge in [-0.2, -0.15) is 0 Å². The van der Waals surface area contributed by atoms with Crippen molar-refractivity contribution < 1.29 is 0 Å². The van der Waals surface area contributed by atoms with Crippen LogP contribution in [-0.4, -0.2) is 21.6 Å². The molecule has 3 heteroatoms. The molecular formula is C14H25N3. The molecule has 0 unspecified atom stereocenters. The SMILES string of the molecule is Cn1ccnc1CCC1(CNC(C)(C)C)CC1. The van der Waals surface area contributed by atoms with Crippen molar-refractivity contribution in [2.45, 2.75) is 52.0 Å². The Morgan fingerprint density at radius 3 is 2.59 bits per heavy atom. The molecule has 2 rings (SSSR count). The van der Waals surface area contributed by atoms with Gasteiger partial charge in [0.1, 0.15) is 5.82 Å². The first kappa shape index (κ1) is 12.6. The van der Waals surface area contributed by atoms with Crippen LogP contribution in [0.5, 0.6) is 0 Å². The highest BCUT2D eigenvalue weighted by molar-refractivity contribution is 5.00. The van der Waals surface area contributed by atoms with E-state index in [2.05, 4.69) is 42.7 Å². The molecule has 0 radical (unpaired) electrons. The Hall–Kier alpha value is -0.830. The van der Waals surface area contributed by atoms with Crippen LogP contribution in [0.25, 0.3) is 0 Å². The molecule has 0 amide bonds. The van der Waals surface area contributed by atoms with Gasteiger partial charge in [-0.05, 0) is 45.4 Å². The molecule has 1 saturated carbocycles. The second kappa shape index (κ2) is 4.45. The smallest absolute Gasteiger partial charge is 0.108 e. The Balaban J connectivity index is 1.81. The second-order valence-electron chi connectivity index (χ2n) is 6.56. The van der Waals surface area contributed by atoms with Gasteiger partial charge in [0.2, 0.25) is 0 Å². The molecule has 1 aliphatic carbocycles. The summed E-state index contributed by atoms with van der Waals surface area (Å²) in [5, 5.41) is 3.64. The summed E-state index contributed by atoms with van der Waals surface area (Å²) in [6.07, 6.45) is 9.04. The number of aromatic nitrogens is 2. The lowest BCUT2D eigenvalue weighted by molar-refractivity contribution is 0.342. The minimum absolute atomic E-state index is 0.235. The van der Waals surface area contributed by atoms with E-state index in [1.165, 1.54) is 25.1 Å². The molecule has 0 bridgehead atoms. The Morgan fingerprint density at radius 1 is 1.41 bits per heavy atom. The predicted octanol–water partition coefficient (Wildman–Crippen LogP) is 2.52. The van der Waals surface area contributed by atoms with Crippen LogP contribution in [-0.2, 0) is 13.5 Å². The molecule has 1 fully saturated rings. The zero-order valence-electron chi connectivity index (χ0n) is 11.6. The summed E-state index contributed by atoms with van der Waals surface area (Å²) in [5.74, 6) is 1.21. The van der Waals surface area contributed by atoms with Crippen LogP contribution < -0.4 is 5.32 Å². The average Bonchev–Trinajstić information content (AvgIpc) is 2.90. The number of hydrogen-bond acceptors (Lipinski definition) is 2. The van der Waals surface area contributed by atoms with E-state index in [0.717, 1.165) is 13.0 Å². The predicted molar refractivity (Wildman–Crippen MR) is 71.0 cm³/mol. The first-order valence-electron chi connectivity index (χ1n) is 6.62. The Bertz CT molecular complexity index is 369. The first-order valence-corrected chi connectivity index (χ1v) is 6.62. The second-order valence-corrected chi connectivity index (χ2v) is 6.56. The fraction of sp³-hybridized carbons (Fsp3) is 0.786. The third-order valence-corrected chi connectivity index (χ3v) is 3.75. The van der Waals surface area contributed by atoms with Gasteiger partial charge in [-0.15, -0.1) is 0 Å². The summed E-state index contributed by atoms with van der Waals surface area (Å²) in [7, 11) is 2.08. The van der Waals surface area contributed by atoms with Gasteiger partial charge in [-0.3, -0.25) is 0 Å². The monoisotopic (exact) mass is 235 g/mol. The molecule has 1 N–H and O–H groups in total. The van der Waals surface area contributed by atoms with Crippen LogP contribution in [0, 0.1) is 5.41 Å². The molecule has 0 saturated heterocycles. The van der Waals surface area contributed by atoms with Gasteiger partial charge >= 0.3 is 0 Å². The van der Waals surface area contributed by atoms with Gasteiger partial charge in [-0.25, -0.2) is 4.98 Å². The van der Waals surface area contributed by atoms with E-state index in [0.29, 0.717) is 5.41 Å². The molecule has 1 aromatic rings. The molecule has 17 heavy (non-hydrogen) atoms. The van der Waals surface area contributed by atoms with Gasteiger partial charge in [0, 0.05) is 37.9 Å². The summed E-state index contributed by atoms with van der Waals surface area (Å²) in [6, 6.07) is 0. The summed E-state index contributed by atoms with van der Waals surface area (Å²) < 4.78 is 2.13. The highest BCUT2D eigenvalue weighted by Gasteiger charge is 2.42. The van der Waals surface area contributed by atoms with E-state index in [1.54, 1.807) is 0 Å². The van der Waals surface area contributed by atoms with E-state index in [4.69, 9.17) is 0 Å². The molecular weight excluding hydrogens is 210 g/mol. The zero-order valence-corrected chi connectivity index (χ0v) is 11.6. The number of imidazole rings is 1. The lowest BCUT2D eigenvalue weighted by Gasteiger charge is -2.25. The molecule has 1 heterocycles. The lowest BCUT2D eigenvalue weighted by Crippen LogP contribution is -2.39. The van der Waals surface area contributed by atoms with Crippen molar-refractivity contribution in [2.24, 2.45) is 12.5 Å². The number of nitrogens with zero attached hydrogens (tertiary/aromatic N) is 2. The van der Waals surface area contributed by atoms with Crippen molar-refractivity contribution in [3.05, 3.63) is 18.2 Å². The van der Waals surface area contributed by atoms with Gasteiger partial charge in [0.05, 0.1) is 0 Å². The lowest BCUT2D eigenvalue weighted by atomic mass is 9.98. The van der Waals surface area contributed by atoms with Crippen molar-refractivity contribution in [3.63, 3.8) is 0 Å². The summed E-state index contributed by atoms with van der Waals surface area (Å²) in [5.41, 5.74) is 0.790. The third-order valence-electron chi connectivity index (χ3n) is 3.75. The summed E-state index contributed by atoms with van der Waals surface area (Å²) in [6.45, 7) is 7.87. The van der Waals surface area contributed by atoms with E-state index in [9.17, 15) is 0 Å². The summed E-state index contributed by atoms with van der Waals surface area (Å²) in [4.78, 5) is 4.40. The molecule has 96 valence electrons. The molecule has 0 atom stereocenters. The van der Waals surface area contributed by atoms with Crippen LogP contribution in [0.15, 0.2) is 12.4 Å². The quantitative estimate of drug-likeness (QED) is 0.850. The molecule has 0 aliphatic heterocycles. The maximum absolute atomic E-state index is 4.40. The highest BCUT2D eigenvalue weighted by atomic mass is 15.0. The van der Waals surface area contributed by atoms with Gasteiger partial charge < -0.3 is 9.88 Å². The highest BCUT2D eigenvalue weighted by Crippen LogP contribution is 2.49. The van der Waals surface area contributed by atoms with Crippen LogP contribution in [0.1, 0.15) is 45.9 Å². The number of aryl methyl sites for hydroxylation is 2. The third kappa shape index (κ3) is 3.56. The molecule has 1 aliphatic rings. The van der Waals surface area contributed by atoms with E-state index < -0.39 is 0 Å². The Labute approximate surface area is 105 Å². The first-order chi connectivity index (χ1) is 7.90. The minimum atomic E-state index is 0.235. The van der Waals surface area contributed by atoms with E-state index >= 15 is 0 Å². The topological polar surface area (TPSA) is 29.9 Å². The van der Waals surface area contributed by atoms with Crippen molar-refractivity contribution in [1.82, 2.24) is 14.9 Å². The van der Waals surface area contributed by atoms with Crippen LogP contribution in [0.3, 0.4) is 0 Å². The largest absolute Gasteiger partial charge is 0.338 e.